The van der Waals surface area contributed by atoms with Gasteiger partial charge < -0.3 is 10.6 Å². The molecule has 2 fully saturated rings. The molecule has 3 aromatic rings. The minimum Gasteiger partial charge on any atom is -0.319 e. The molecule has 2 aromatic carbocycles. The molecule has 5 rings (SSSR count). The first kappa shape index (κ1) is 22.1. The lowest BCUT2D eigenvalue weighted by atomic mass is 10.1. The van der Waals surface area contributed by atoms with Crippen molar-refractivity contribution in [3.63, 3.8) is 0 Å². The zero-order chi connectivity index (χ0) is 23.0. The molecule has 2 atom stereocenters. The summed E-state index contributed by atoms with van der Waals surface area (Å²) in [5.74, 6) is 0.800. The molecule has 33 heavy (non-hydrogen) atoms. The van der Waals surface area contributed by atoms with E-state index in [0.29, 0.717) is 46.4 Å². The van der Waals surface area contributed by atoms with Gasteiger partial charge in [-0.2, -0.15) is 15.7 Å². The van der Waals surface area contributed by atoms with E-state index in [4.69, 9.17) is 0 Å². The van der Waals surface area contributed by atoms with Crippen LogP contribution in [0.15, 0.2) is 60.9 Å². The molecule has 2 unspecified atom stereocenters. The van der Waals surface area contributed by atoms with Crippen LogP contribution in [0.1, 0.15) is 41.1 Å². The van der Waals surface area contributed by atoms with Gasteiger partial charge in [-0.25, -0.2) is 9.07 Å². The lowest BCUT2D eigenvalue weighted by Crippen LogP contribution is -2.37. The maximum absolute atomic E-state index is 13.1. The molecule has 0 spiro atoms. The fourth-order valence-electron chi connectivity index (χ4n) is 4.36. The first-order valence-electron chi connectivity index (χ1n) is 11.1. The highest BCUT2D eigenvalue weighted by Crippen LogP contribution is 2.46. The van der Waals surface area contributed by atoms with Crippen LogP contribution in [-0.2, 0) is 0 Å². The fraction of sp³-hybridized carbons (Fsp3) is 0.333. The molecule has 4 N–H and O–H groups in total. The third-order valence-electron chi connectivity index (χ3n) is 6.34. The molecule has 1 aliphatic carbocycles. The van der Waals surface area contributed by atoms with E-state index < -0.39 is 10.6 Å². The zero-order valence-electron chi connectivity index (χ0n) is 18.0. The van der Waals surface area contributed by atoms with Gasteiger partial charge in [0.05, 0.1) is 23.8 Å². The van der Waals surface area contributed by atoms with E-state index in [2.05, 4.69) is 15.7 Å². The fourth-order valence-corrected chi connectivity index (χ4v) is 5.89. The topological polar surface area (TPSA) is 99.4 Å². The number of carbonyl (C=O) groups excluding carboxylic acids is 1. The molecule has 174 valence electrons. The molecule has 2 heterocycles. The van der Waals surface area contributed by atoms with E-state index in [-0.39, 0.29) is 11.7 Å². The SMILES string of the molecule is O=C(Nc1cnn(-c2ccc(F)cc2)c1)c1cccc(C2CC2NC2CCS(O)(O)CC2)c1. The summed E-state index contributed by atoms with van der Waals surface area (Å²) in [4.78, 5) is 12.8. The third-order valence-corrected chi connectivity index (χ3v) is 8.11. The molecule has 0 radical (unpaired) electrons. The summed E-state index contributed by atoms with van der Waals surface area (Å²) in [5, 5.41) is 10.8. The summed E-state index contributed by atoms with van der Waals surface area (Å²) in [6.45, 7) is 0. The number of nitrogens with zero attached hydrogens (tertiary/aromatic N) is 2. The van der Waals surface area contributed by atoms with Gasteiger partial charge in [-0.1, -0.05) is 12.1 Å². The van der Waals surface area contributed by atoms with E-state index in [1.165, 1.54) is 12.1 Å². The van der Waals surface area contributed by atoms with Gasteiger partial charge in [0.1, 0.15) is 5.82 Å². The minimum absolute atomic E-state index is 0.210. The van der Waals surface area contributed by atoms with Crippen molar-refractivity contribution in [1.82, 2.24) is 15.1 Å². The Morgan fingerprint density at radius 1 is 1.12 bits per heavy atom. The normalized spacial score (nSPS) is 23.1. The number of hydrogen-bond donors (Lipinski definition) is 4. The molecular formula is C24H27FN4O3S. The van der Waals surface area contributed by atoms with Crippen molar-refractivity contribution in [3.8, 4) is 5.69 Å². The monoisotopic (exact) mass is 470 g/mol. The number of anilines is 1. The molecule has 1 amide bonds. The molecule has 7 nitrogen and oxygen atoms in total. The average molecular weight is 471 g/mol. The second kappa shape index (κ2) is 8.90. The maximum Gasteiger partial charge on any atom is 0.255 e. The predicted octanol–water partition coefficient (Wildman–Crippen LogP) is 4.62. The highest BCUT2D eigenvalue weighted by Gasteiger charge is 2.40. The number of rotatable bonds is 6. The van der Waals surface area contributed by atoms with Crippen molar-refractivity contribution in [2.24, 2.45) is 0 Å². The van der Waals surface area contributed by atoms with E-state index >= 15 is 0 Å². The number of carbonyl (C=O) groups is 1. The van der Waals surface area contributed by atoms with Crippen molar-refractivity contribution in [1.29, 1.82) is 0 Å². The molecule has 1 aliphatic heterocycles. The van der Waals surface area contributed by atoms with Crippen LogP contribution in [0.3, 0.4) is 0 Å². The molecule has 9 heteroatoms. The van der Waals surface area contributed by atoms with Gasteiger partial charge in [-0.3, -0.25) is 13.9 Å². The smallest absolute Gasteiger partial charge is 0.255 e. The van der Waals surface area contributed by atoms with Gasteiger partial charge in [0.25, 0.3) is 5.91 Å². The summed E-state index contributed by atoms with van der Waals surface area (Å²) < 4.78 is 34.3. The van der Waals surface area contributed by atoms with Gasteiger partial charge in [0.2, 0.25) is 0 Å². The summed E-state index contributed by atoms with van der Waals surface area (Å²) in [7, 11) is -2.36. The van der Waals surface area contributed by atoms with Crippen LogP contribution < -0.4 is 10.6 Å². The number of benzene rings is 2. The highest BCUT2D eigenvalue weighted by molar-refractivity contribution is 8.24. The van der Waals surface area contributed by atoms with Crippen LogP contribution >= 0.6 is 10.6 Å². The van der Waals surface area contributed by atoms with E-state index in [9.17, 15) is 18.3 Å². The van der Waals surface area contributed by atoms with E-state index in [0.717, 1.165) is 24.8 Å². The Kier molecular flexibility index (Phi) is 5.96. The van der Waals surface area contributed by atoms with Gasteiger partial charge >= 0.3 is 0 Å². The molecule has 1 saturated heterocycles. The highest BCUT2D eigenvalue weighted by atomic mass is 32.3. The molecular weight excluding hydrogens is 443 g/mol. The van der Waals surface area contributed by atoms with Gasteiger partial charge in [-0.05, 0) is 61.2 Å². The van der Waals surface area contributed by atoms with Gasteiger partial charge in [0.15, 0.2) is 0 Å². The standard InChI is InChI=1S/C24H27FN4O3S/c25-18-4-6-21(7-5-18)29-15-20(14-26-29)28-24(30)17-3-1-2-16(12-17)22-13-23(22)27-19-8-10-33(31,32)11-9-19/h1-7,12,14-15,19,22-23,27,31-32H,8-11,13H2,(H,28,30). The summed E-state index contributed by atoms with van der Waals surface area (Å²) in [6, 6.07) is 14.3. The van der Waals surface area contributed by atoms with Crippen LogP contribution in [0, 0.1) is 5.82 Å². The number of hydrogen-bond acceptors (Lipinski definition) is 5. The van der Waals surface area contributed by atoms with Crippen LogP contribution in [0.2, 0.25) is 0 Å². The second-order valence-corrected chi connectivity index (χ2v) is 11.3. The maximum atomic E-state index is 13.1. The Bertz CT molecular complexity index is 1140. The van der Waals surface area contributed by atoms with Gasteiger partial charge in [-0.15, -0.1) is 0 Å². The first-order chi connectivity index (χ1) is 15.9. The average Bonchev–Trinajstić information content (AvgIpc) is 3.42. The Hall–Kier alpha value is -2.72. The third kappa shape index (κ3) is 5.27. The van der Waals surface area contributed by atoms with E-state index in [1.54, 1.807) is 35.3 Å². The Morgan fingerprint density at radius 3 is 2.64 bits per heavy atom. The van der Waals surface area contributed by atoms with Crippen LogP contribution in [0.4, 0.5) is 10.1 Å². The number of amides is 1. The predicted molar refractivity (Wildman–Crippen MR) is 128 cm³/mol. The van der Waals surface area contributed by atoms with Crippen molar-refractivity contribution >= 4 is 22.2 Å². The van der Waals surface area contributed by atoms with Gasteiger partial charge in [0, 0.05) is 35.1 Å². The first-order valence-corrected chi connectivity index (χ1v) is 13.0. The molecule has 2 aliphatic rings. The lowest BCUT2D eigenvalue weighted by Gasteiger charge is -2.39. The second-order valence-electron chi connectivity index (χ2n) is 8.83. The molecule has 1 saturated carbocycles. The number of halogens is 1. The van der Waals surface area contributed by atoms with Crippen molar-refractivity contribution in [2.75, 3.05) is 16.8 Å². The lowest BCUT2D eigenvalue weighted by molar-refractivity contribution is 0.102. The van der Waals surface area contributed by atoms with Crippen LogP contribution in [0.25, 0.3) is 5.69 Å². The van der Waals surface area contributed by atoms with Crippen molar-refractivity contribution in [2.45, 2.75) is 37.3 Å². The van der Waals surface area contributed by atoms with Crippen molar-refractivity contribution < 1.29 is 18.3 Å². The largest absolute Gasteiger partial charge is 0.319 e. The number of nitrogens with one attached hydrogen (secondary N) is 2. The summed E-state index contributed by atoms with van der Waals surface area (Å²) >= 11 is 0. The Labute approximate surface area is 193 Å². The number of aromatic nitrogens is 2. The minimum atomic E-state index is -2.36. The quantitative estimate of drug-likeness (QED) is 0.421. The van der Waals surface area contributed by atoms with Crippen LogP contribution in [-0.4, -0.2) is 48.4 Å². The Morgan fingerprint density at radius 2 is 1.88 bits per heavy atom. The molecule has 0 bridgehead atoms. The summed E-state index contributed by atoms with van der Waals surface area (Å²) in [6.07, 6.45) is 5.85. The Balaban J connectivity index is 1.18. The molecule has 1 aromatic heterocycles. The van der Waals surface area contributed by atoms with Crippen LogP contribution in [0.5, 0.6) is 0 Å². The summed E-state index contributed by atoms with van der Waals surface area (Å²) in [5.41, 5.74) is 2.97. The zero-order valence-corrected chi connectivity index (χ0v) is 18.8. The van der Waals surface area contributed by atoms with E-state index in [1.807, 2.05) is 18.2 Å². The van der Waals surface area contributed by atoms with Crippen molar-refractivity contribution in [3.05, 3.63) is 77.9 Å².